The van der Waals surface area contributed by atoms with Gasteiger partial charge in [-0.15, -0.1) is 0 Å². The summed E-state index contributed by atoms with van der Waals surface area (Å²) in [7, 11) is 1.24. The van der Waals surface area contributed by atoms with Gasteiger partial charge in [-0.3, -0.25) is 19.3 Å². The summed E-state index contributed by atoms with van der Waals surface area (Å²) in [5, 5.41) is 10.4. The lowest BCUT2D eigenvalue weighted by molar-refractivity contribution is -0.138. The van der Waals surface area contributed by atoms with Gasteiger partial charge in [-0.2, -0.15) is 18.3 Å². The molecule has 3 amide bonds. The summed E-state index contributed by atoms with van der Waals surface area (Å²) in [6.45, 7) is 1.66. The van der Waals surface area contributed by atoms with Crippen molar-refractivity contribution in [3.63, 3.8) is 0 Å². The first-order valence-corrected chi connectivity index (χ1v) is 16.2. The van der Waals surface area contributed by atoms with Crippen LogP contribution in [0.2, 0.25) is 0 Å². The Kier molecular flexibility index (Phi) is 9.77. The second kappa shape index (κ2) is 14.2. The molecule has 1 aliphatic heterocycles. The maximum Gasteiger partial charge on any atom is 0.416 e. The number of aromatic nitrogens is 2. The van der Waals surface area contributed by atoms with E-state index in [4.69, 9.17) is 9.84 Å². The van der Waals surface area contributed by atoms with Crippen LogP contribution in [0.4, 0.5) is 23.4 Å². The number of esters is 1. The van der Waals surface area contributed by atoms with Crippen LogP contribution in [-0.2, 0) is 31.8 Å². The predicted octanol–water partition coefficient (Wildman–Crippen LogP) is 5.60. The summed E-state index contributed by atoms with van der Waals surface area (Å²) in [4.78, 5) is 55.3. The largest absolute Gasteiger partial charge is 0.466 e. The molecule has 0 saturated heterocycles. The fourth-order valence-corrected chi connectivity index (χ4v) is 6.66. The summed E-state index contributed by atoms with van der Waals surface area (Å²) in [6.07, 6.45) is -3.36. The number of carbonyl (C=O) groups is 4. The molecule has 4 aromatic rings. The number of hydrogen-bond donors (Lipinski definition) is 2. The minimum Gasteiger partial charge on any atom is -0.466 e. The van der Waals surface area contributed by atoms with Crippen molar-refractivity contribution >= 4 is 29.5 Å². The number of halogens is 4. The number of rotatable bonds is 9. The number of methoxy groups -OCH3 is 1. The quantitative estimate of drug-likeness (QED) is 0.173. The highest BCUT2D eigenvalue weighted by Crippen LogP contribution is 2.44. The fourth-order valence-electron chi connectivity index (χ4n) is 6.66. The molecule has 6 rings (SSSR count). The first-order valence-electron chi connectivity index (χ1n) is 16.2. The number of nitrogens with one attached hydrogen (secondary N) is 2. The lowest BCUT2D eigenvalue weighted by atomic mass is 9.80. The summed E-state index contributed by atoms with van der Waals surface area (Å²) in [6, 6.07) is 16.7. The summed E-state index contributed by atoms with van der Waals surface area (Å²) in [5.41, 5.74) is 0.946. The average molecular weight is 704 g/mol. The van der Waals surface area contributed by atoms with E-state index in [1.165, 1.54) is 42.3 Å². The second-order valence-corrected chi connectivity index (χ2v) is 12.1. The summed E-state index contributed by atoms with van der Waals surface area (Å²) >= 11 is 0. The number of amides is 3. The first kappa shape index (κ1) is 35.1. The maximum atomic E-state index is 14.4. The van der Waals surface area contributed by atoms with Crippen LogP contribution in [0.5, 0.6) is 0 Å². The van der Waals surface area contributed by atoms with E-state index in [1.807, 2.05) is 0 Å². The lowest BCUT2D eigenvalue weighted by Crippen LogP contribution is -2.55. The highest BCUT2D eigenvalue weighted by Gasteiger charge is 2.46. The smallest absolute Gasteiger partial charge is 0.416 e. The predicted molar refractivity (Wildman–Crippen MR) is 177 cm³/mol. The Balaban J connectivity index is 1.49. The number of likely N-dealkylation sites (N-methyl/N-ethyl adjacent to an activating group) is 1. The van der Waals surface area contributed by atoms with Crippen LogP contribution >= 0.6 is 0 Å². The molecular weight excluding hydrogens is 670 g/mol. The topological polar surface area (TPSA) is 123 Å². The van der Waals surface area contributed by atoms with E-state index in [1.54, 1.807) is 41.9 Å². The lowest BCUT2D eigenvalue weighted by Gasteiger charge is -2.38. The Labute approximate surface area is 290 Å². The maximum absolute atomic E-state index is 14.4. The number of benzene rings is 3. The highest BCUT2D eigenvalue weighted by atomic mass is 19.4. The standard InChI is InChI=1S/C37H33F4N5O5/c1-3-45-34-30(28(44-46(34)25-11-5-4-6-12-25)20-42-33(48)26-13-8-14-27(26)36(50)51-2)29(21-15-17-24(38)18-16-21)31(35(45)49)43-32(47)22-9-7-10-23(19-22)37(39,40)41/h4-7,9-12,15-19,29,31H,3,8,13-14,20H2,1-2H3,(H,42,48)(H,43,47)/t29-,31-/m0/s1. The van der Waals surface area contributed by atoms with E-state index >= 15 is 0 Å². The van der Waals surface area contributed by atoms with E-state index in [9.17, 15) is 36.7 Å². The van der Waals surface area contributed by atoms with Crippen molar-refractivity contribution in [1.29, 1.82) is 0 Å². The molecule has 51 heavy (non-hydrogen) atoms. The van der Waals surface area contributed by atoms with Gasteiger partial charge in [0.2, 0.25) is 5.91 Å². The normalized spacial score (nSPS) is 17.3. The van der Waals surface area contributed by atoms with Gasteiger partial charge in [0.05, 0.1) is 30.6 Å². The van der Waals surface area contributed by atoms with Gasteiger partial charge < -0.3 is 15.4 Å². The van der Waals surface area contributed by atoms with E-state index in [0.29, 0.717) is 59.2 Å². The molecule has 0 saturated carbocycles. The van der Waals surface area contributed by atoms with E-state index in [2.05, 4.69) is 10.6 Å². The molecule has 0 fully saturated rings. The van der Waals surface area contributed by atoms with Gasteiger partial charge in [0.25, 0.3) is 11.8 Å². The molecule has 264 valence electrons. The van der Waals surface area contributed by atoms with Crippen molar-refractivity contribution in [3.05, 3.63) is 124 Å². The molecule has 0 bridgehead atoms. The molecule has 10 nitrogen and oxygen atoms in total. The molecule has 1 aliphatic carbocycles. The molecule has 2 heterocycles. The Morgan fingerprint density at radius 3 is 2.31 bits per heavy atom. The van der Waals surface area contributed by atoms with Gasteiger partial charge >= 0.3 is 12.1 Å². The first-order chi connectivity index (χ1) is 24.4. The third-order valence-corrected chi connectivity index (χ3v) is 9.03. The molecule has 14 heteroatoms. The van der Waals surface area contributed by atoms with E-state index < -0.39 is 53.2 Å². The number of alkyl halides is 3. The van der Waals surface area contributed by atoms with Crippen LogP contribution in [0, 0.1) is 5.82 Å². The van der Waals surface area contributed by atoms with Gasteiger partial charge in [0, 0.05) is 34.7 Å². The van der Waals surface area contributed by atoms with Crippen molar-refractivity contribution in [2.45, 2.75) is 50.9 Å². The van der Waals surface area contributed by atoms with Crippen LogP contribution in [0.25, 0.3) is 5.69 Å². The van der Waals surface area contributed by atoms with Gasteiger partial charge in [0.15, 0.2) is 0 Å². The third-order valence-electron chi connectivity index (χ3n) is 9.03. The van der Waals surface area contributed by atoms with E-state index in [0.717, 1.165) is 12.1 Å². The molecule has 2 N–H and O–H groups in total. The SMILES string of the molecule is CCN1C(=O)[C@@H](NC(=O)c2cccc(C(F)(F)F)c2)[C@@H](c2ccc(F)cc2)c2c(CNC(=O)C3=C(C(=O)OC)CCC3)nn(-c3ccccc3)c21. The molecule has 1 aromatic heterocycles. The number of hydrogen-bond acceptors (Lipinski definition) is 6. The number of nitrogens with zero attached hydrogens (tertiary/aromatic N) is 3. The summed E-state index contributed by atoms with van der Waals surface area (Å²) < 4.78 is 61.3. The number of ether oxygens (including phenoxy) is 1. The number of para-hydroxylation sites is 1. The molecule has 2 aliphatic rings. The zero-order chi connectivity index (χ0) is 36.4. The minimum atomic E-state index is -4.71. The Hall–Kier alpha value is -5.79. The molecule has 0 unspecified atom stereocenters. The highest BCUT2D eigenvalue weighted by molar-refractivity contribution is 6.06. The van der Waals surface area contributed by atoms with Crippen molar-refractivity contribution in [1.82, 2.24) is 20.4 Å². The van der Waals surface area contributed by atoms with Crippen molar-refractivity contribution in [3.8, 4) is 5.69 Å². The molecular formula is C37H33F4N5O5. The van der Waals surface area contributed by atoms with Gasteiger partial charge in [-0.25, -0.2) is 13.9 Å². The molecule has 0 spiro atoms. The van der Waals surface area contributed by atoms with Crippen LogP contribution in [0.15, 0.2) is 90.0 Å². The number of carbonyl (C=O) groups excluding carboxylic acids is 4. The van der Waals surface area contributed by atoms with Crippen LogP contribution in [-0.4, -0.2) is 53.2 Å². The summed E-state index contributed by atoms with van der Waals surface area (Å²) in [5.74, 6) is -3.83. The molecule has 3 aromatic carbocycles. The zero-order valence-corrected chi connectivity index (χ0v) is 27.6. The number of fused-ring (bicyclic) bond motifs is 1. The minimum absolute atomic E-state index is 0.109. The zero-order valence-electron chi connectivity index (χ0n) is 27.6. The molecule has 0 radical (unpaired) electrons. The Morgan fingerprint density at radius 2 is 1.65 bits per heavy atom. The van der Waals surface area contributed by atoms with Crippen LogP contribution < -0.4 is 15.5 Å². The van der Waals surface area contributed by atoms with E-state index in [-0.39, 0.29) is 24.2 Å². The third kappa shape index (κ3) is 6.85. The van der Waals surface area contributed by atoms with Gasteiger partial charge in [-0.05, 0) is 74.2 Å². The Morgan fingerprint density at radius 1 is 0.941 bits per heavy atom. The number of anilines is 1. The van der Waals surface area contributed by atoms with Gasteiger partial charge in [0.1, 0.15) is 17.7 Å². The van der Waals surface area contributed by atoms with Crippen molar-refractivity contribution in [2.24, 2.45) is 0 Å². The Bertz CT molecular complexity index is 2020. The van der Waals surface area contributed by atoms with Gasteiger partial charge in [-0.1, -0.05) is 36.4 Å². The second-order valence-electron chi connectivity index (χ2n) is 12.1. The van der Waals surface area contributed by atoms with Crippen LogP contribution in [0.1, 0.15) is 64.8 Å². The van der Waals surface area contributed by atoms with Crippen molar-refractivity contribution in [2.75, 3.05) is 18.6 Å². The van der Waals surface area contributed by atoms with Crippen LogP contribution in [0.3, 0.4) is 0 Å². The average Bonchev–Trinajstić information content (AvgIpc) is 3.77. The fraction of sp³-hybridized carbons (Fsp3) is 0.270. The monoisotopic (exact) mass is 703 g/mol. The van der Waals surface area contributed by atoms with Crippen molar-refractivity contribution < 1.29 is 41.5 Å². The molecule has 2 atom stereocenters.